The molecule has 1 aromatic carbocycles. The standard InChI is InChI=1S/C26H22ClN5O3/c1-17-25-21(14-24(33)30(17)16-19-6-5-7-22(27)29-19)31(15-18-9-11-20(35-2)12-10-18)32(26(25)34)23-8-3-4-13-28-23/h3-14H,15-16H2,1-2H3. The molecule has 0 bridgehead atoms. The van der Waals surface area contributed by atoms with E-state index in [2.05, 4.69) is 9.97 Å². The third-order valence-electron chi connectivity index (χ3n) is 5.93. The Morgan fingerprint density at radius 3 is 2.46 bits per heavy atom. The number of hydrogen-bond donors (Lipinski definition) is 0. The van der Waals surface area contributed by atoms with E-state index >= 15 is 0 Å². The first-order valence-electron chi connectivity index (χ1n) is 11.0. The normalized spacial score (nSPS) is 11.2. The van der Waals surface area contributed by atoms with Crippen LogP contribution >= 0.6 is 11.6 Å². The van der Waals surface area contributed by atoms with Gasteiger partial charge in [0.2, 0.25) is 0 Å². The van der Waals surface area contributed by atoms with Crippen molar-refractivity contribution in [2.75, 3.05) is 7.11 Å². The van der Waals surface area contributed by atoms with Gasteiger partial charge in [0, 0.05) is 18.0 Å². The van der Waals surface area contributed by atoms with E-state index in [9.17, 15) is 9.59 Å². The van der Waals surface area contributed by atoms with E-state index < -0.39 is 0 Å². The van der Waals surface area contributed by atoms with Crippen LogP contribution in [-0.2, 0) is 13.1 Å². The second-order valence-electron chi connectivity index (χ2n) is 8.08. The summed E-state index contributed by atoms with van der Waals surface area (Å²) in [5.74, 6) is 1.21. The van der Waals surface area contributed by atoms with Crippen molar-refractivity contribution < 1.29 is 4.74 Å². The highest BCUT2D eigenvalue weighted by Gasteiger charge is 2.21. The first kappa shape index (κ1) is 22.6. The van der Waals surface area contributed by atoms with E-state index in [0.717, 1.165) is 11.3 Å². The Hall–Kier alpha value is -4.17. The number of halogens is 1. The van der Waals surface area contributed by atoms with Gasteiger partial charge < -0.3 is 9.30 Å². The van der Waals surface area contributed by atoms with Gasteiger partial charge in [-0.2, -0.15) is 4.68 Å². The molecule has 0 radical (unpaired) electrons. The van der Waals surface area contributed by atoms with Crippen LogP contribution in [0.1, 0.15) is 17.0 Å². The lowest BCUT2D eigenvalue weighted by Crippen LogP contribution is -2.24. The molecule has 0 fully saturated rings. The fourth-order valence-electron chi connectivity index (χ4n) is 4.21. The molecule has 9 heteroatoms. The second-order valence-corrected chi connectivity index (χ2v) is 8.46. The average Bonchev–Trinajstić information content (AvgIpc) is 3.13. The van der Waals surface area contributed by atoms with Gasteiger partial charge in [0.25, 0.3) is 11.1 Å². The maximum atomic E-state index is 13.8. The van der Waals surface area contributed by atoms with Gasteiger partial charge in [-0.25, -0.2) is 9.97 Å². The molecule has 0 unspecified atom stereocenters. The lowest BCUT2D eigenvalue weighted by Gasteiger charge is -2.13. The minimum atomic E-state index is -0.252. The highest BCUT2D eigenvalue weighted by atomic mass is 35.5. The maximum Gasteiger partial charge on any atom is 0.282 e. The molecule has 0 atom stereocenters. The number of aromatic nitrogens is 5. The Balaban J connectivity index is 1.72. The summed E-state index contributed by atoms with van der Waals surface area (Å²) in [7, 11) is 1.61. The fraction of sp³-hybridized carbons (Fsp3) is 0.154. The quantitative estimate of drug-likeness (QED) is 0.340. The predicted molar refractivity (Wildman–Crippen MR) is 135 cm³/mol. The van der Waals surface area contributed by atoms with Crippen LogP contribution in [0.25, 0.3) is 16.7 Å². The fourth-order valence-corrected chi connectivity index (χ4v) is 4.39. The molecule has 0 aliphatic heterocycles. The van der Waals surface area contributed by atoms with E-state index in [1.54, 1.807) is 59.8 Å². The van der Waals surface area contributed by atoms with Gasteiger partial charge in [-0.05, 0) is 48.9 Å². The van der Waals surface area contributed by atoms with Gasteiger partial charge in [-0.1, -0.05) is 35.9 Å². The van der Waals surface area contributed by atoms with E-state index in [4.69, 9.17) is 16.3 Å². The van der Waals surface area contributed by atoms with Crippen LogP contribution in [-0.4, -0.2) is 31.0 Å². The van der Waals surface area contributed by atoms with Crippen LogP contribution in [0.5, 0.6) is 5.75 Å². The number of rotatable bonds is 6. The largest absolute Gasteiger partial charge is 0.497 e. The van der Waals surface area contributed by atoms with Crippen LogP contribution in [0.4, 0.5) is 0 Å². The average molecular weight is 488 g/mol. The molecule has 0 N–H and O–H groups in total. The molecule has 176 valence electrons. The zero-order chi connectivity index (χ0) is 24.5. The molecular weight excluding hydrogens is 466 g/mol. The molecule has 0 spiro atoms. The van der Waals surface area contributed by atoms with E-state index in [0.29, 0.717) is 39.8 Å². The van der Waals surface area contributed by atoms with Crippen LogP contribution in [0.15, 0.2) is 82.5 Å². The first-order valence-corrected chi connectivity index (χ1v) is 11.4. The summed E-state index contributed by atoms with van der Waals surface area (Å²) in [6, 6.07) is 19.7. The number of methoxy groups -OCH3 is 1. The van der Waals surface area contributed by atoms with Crippen LogP contribution < -0.4 is 15.9 Å². The highest BCUT2D eigenvalue weighted by molar-refractivity contribution is 6.29. The van der Waals surface area contributed by atoms with Crippen molar-refractivity contribution in [2.24, 2.45) is 0 Å². The van der Waals surface area contributed by atoms with Crippen LogP contribution in [0.2, 0.25) is 5.15 Å². The van der Waals surface area contributed by atoms with Crippen molar-refractivity contribution in [3.05, 3.63) is 116 Å². The smallest absolute Gasteiger partial charge is 0.282 e. The van der Waals surface area contributed by atoms with Crippen molar-refractivity contribution in [1.82, 2.24) is 23.9 Å². The highest BCUT2D eigenvalue weighted by Crippen LogP contribution is 2.20. The zero-order valence-corrected chi connectivity index (χ0v) is 19.9. The molecule has 4 heterocycles. The van der Waals surface area contributed by atoms with Gasteiger partial charge in [0.1, 0.15) is 10.9 Å². The summed E-state index contributed by atoms with van der Waals surface area (Å²) in [6.45, 7) is 2.34. The molecule has 5 aromatic rings. The third kappa shape index (κ3) is 4.24. The summed E-state index contributed by atoms with van der Waals surface area (Å²) >= 11 is 6.03. The van der Waals surface area contributed by atoms with Crippen molar-refractivity contribution in [2.45, 2.75) is 20.0 Å². The van der Waals surface area contributed by atoms with Gasteiger partial charge in [-0.15, -0.1) is 0 Å². The van der Waals surface area contributed by atoms with Gasteiger partial charge in [0.15, 0.2) is 5.82 Å². The summed E-state index contributed by atoms with van der Waals surface area (Å²) < 4.78 is 10.1. The number of aryl methyl sites for hydroxylation is 1. The Labute approximate surface area is 205 Å². The molecule has 0 aliphatic rings. The summed E-state index contributed by atoms with van der Waals surface area (Å²) in [5.41, 5.74) is 2.17. The molecule has 0 amide bonds. The second kappa shape index (κ2) is 9.23. The number of pyridine rings is 3. The molecule has 35 heavy (non-hydrogen) atoms. The molecule has 8 nitrogen and oxygen atoms in total. The van der Waals surface area contributed by atoms with Gasteiger partial charge >= 0.3 is 0 Å². The number of fused-ring (bicyclic) bond motifs is 1. The summed E-state index contributed by atoms with van der Waals surface area (Å²) in [6.07, 6.45) is 1.63. The van der Waals surface area contributed by atoms with Crippen molar-refractivity contribution in [1.29, 1.82) is 0 Å². The van der Waals surface area contributed by atoms with Gasteiger partial charge in [0.05, 0.1) is 36.8 Å². The van der Waals surface area contributed by atoms with E-state index in [1.165, 1.54) is 10.7 Å². The number of nitrogens with zero attached hydrogens (tertiary/aromatic N) is 5. The number of benzene rings is 1. The minimum Gasteiger partial charge on any atom is -0.497 e. The van der Waals surface area contributed by atoms with Crippen molar-refractivity contribution >= 4 is 22.5 Å². The molecule has 4 aromatic heterocycles. The maximum absolute atomic E-state index is 13.8. The van der Waals surface area contributed by atoms with E-state index in [1.807, 2.05) is 30.3 Å². The summed E-state index contributed by atoms with van der Waals surface area (Å²) in [4.78, 5) is 35.7. The SMILES string of the molecule is COc1ccc(Cn2c3cc(=O)n(Cc4cccc(Cl)n4)c(C)c3c(=O)n2-c2ccccn2)cc1. The molecule has 5 rings (SSSR count). The number of hydrogen-bond acceptors (Lipinski definition) is 5. The van der Waals surface area contributed by atoms with Gasteiger partial charge in [-0.3, -0.25) is 14.3 Å². The molecule has 0 saturated heterocycles. The molecule has 0 saturated carbocycles. The van der Waals surface area contributed by atoms with E-state index in [-0.39, 0.29) is 17.7 Å². The lowest BCUT2D eigenvalue weighted by atomic mass is 10.2. The third-order valence-corrected chi connectivity index (χ3v) is 6.14. The lowest BCUT2D eigenvalue weighted by molar-refractivity contribution is 0.414. The number of ether oxygens (including phenoxy) is 1. The predicted octanol–water partition coefficient (Wildman–Crippen LogP) is 3.81. The Kier molecular flexibility index (Phi) is 5.96. The Morgan fingerprint density at radius 1 is 0.971 bits per heavy atom. The molecule has 0 aliphatic carbocycles. The van der Waals surface area contributed by atoms with Crippen molar-refractivity contribution in [3.63, 3.8) is 0 Å². The minimum absolute atomic E-state index is 0.202. The summed E-state index contributed by atoms with van der Waals surface area (Å²) in [5, 5.41) is 0.795. The Morgan fingerprint density at radius 2 is 1.77 bits per heavy atom. The van der Waals surface area contributed by atoms with Crippen molar-refractivity contribution in [3.8, 4) is 11.6 Å². The first-order chi connectivity index (χ1) is 17.0. The monoisotopic (exact) mass is 487 g/mol. The van der Waals surface area contributed by atoms with Crippen LogP contribution in [0.3, 0.4) is 0 Å². The zero-order valence-electron chi connectivity index (χ0n) is 19.2. The topological polar surface area (TPSA) is 83.9 Å². The Bertz CT molecular complexity index is 1640. The molecular formula is C26H22ClN5O3. The van der Waals surface area contributed by atoms with Crippen LogP contribution in [0, 0.1) is 6.92 Å².